The summed E-state index contributed by atoms with van der Waals surface area (Å²) >= 11 is 0. The van der Waals surface area contributed by atoms with Gasteiger partial charge in [-0.15, -0.1) is 0 Å². The zero-order chi connectivity index (χ0) is 19.1. The number of imidazole rings is 1. The van der Waals surface area contributed by atoms with Gasteiger partial charge < -0.3 is 9.30 Å². The minimum absolute atomic E-state index is 0.0243. The van der Waals surface area contributed by atoms with Crippen LogP contribution in [-0.2, 0) is 7.05 Å². The predicted molar refractivity (Wildman–Crippen MR) is 105 cm³/mol. The number of pyridine rings is 2. The van der Waals surface area contributed by atoms with E-state index in [-0.39, 0.29) is 11.9 Å². The summed E-state index contributed by atoms with van der Waals surface area (Å²) in [5, 5.41) is 4.27. The molecule has 1 aliphatic rings. The highest BCUT2D eigenvalue weighted by Crippen LogP contribution is 2.34. The van der Waals surface area contributed by atoms with Crippen LogP contribution in [-0.4, -0.2) is 41.5 Å². The largest absolute Gasteiger partial charge is 0.329 e. The lowest BCUT2D eigenvalue weighted by Gasteiger charge is -2.23. The van der Waals surface area contributed by atoms with Crippen LogP contribution in [0, 0.1) is 0 Å². The van der Waals surface area contributed by atoms with E-state index in [0.29, 0.717) is 5.69 Å². The maximum Gasteiger partial charge on any atom is 0.274 e. The van der Waals surface area contributed by atoms with Crippen LogP contribution in [0.2, 0.25) is 0 Å². The summed E-state index contributed by atoms with van der Waals surface area (Å²) in [7, 11) is 1.82. The lowest BCUT2D eigenvalue weighted by atomic mass is 10.1. The second-order valence-electron chi connectivity index (χ2n) is 7.11. The molecule has 140 valence electrons. The van der Waals surface area contributed by atoms with E-state index in [0.717, 1.165) is 41.7 Å². The Morgan fingerprint density at radius 2 is 2.11 bits per heavy atom. The van der Waals surface area contributed by atoms with Gasteiger partial charge in [-0.25, -0.2) is 4.98 Å². The first kappa shape index (κ1) is 16.7. The van der Waals surface area contributed by atoms with Gasteiger partial charge in [0.25, 0.3) is 5.91 Å². The Morgan fingerprint density at radius 1 is 1.18 bits per heavy atom. The number of likely N-dealkylation sites (tertiary alicyclic amines) is 1. The molecule has 1 amide bonds. The van der Waals surface area contributed by atoms with Crippen molar-refractivity contribution in [1.82, 2.24) is 29.0 Å². The normalized spacial score (nSPS) is 16.8. The van der Waals surface area contributed by atoms with Crippen molar-refractivity contribution in [3.63, 3.8) is 0 Å². The molecule has 7 heteroatoms. The minimum atomic E-state index is -0.0313. The molecular formula is C21H20N6O. The topological polar surface area (TPSA) is 68.3 Å². The zero-order valence-corrected chi connectivity index (χ0v) is 15.6. The van der Waals surface area contributed by atoms with Crippen LogP contribution in [0.25, 0.3) is 16.6 Å². The number of rotatable bonds is 3. The molecule has 1 atom stereocenters. The third-order valence-corrected chi connectivity index (χ3v) is 5.32. The van der Waals surface area contributed by atoms with Crippen LogP contribution in [0.4, 0.5) is 0 Å². The second kappa shape index (κ2) is 6.60. The third kappa shape index (κ3) is 2.76. The fourth-order valence-corrected chi connectivity index (χ4v) is 3.95. The molecule has 1 fully saturated rings. The first-order chi connectivity index (χ1) is 13.7. The lowest BCUT2D eigenvalue weighted by Crippen LogP contribution is -2.31. The van der Waals surface area contributed by atoms with Gasteiger partial charge in [-0.2, -0.15) is 5.10 Å². The zero-order valence-electron chi connectivity index (χ0n) is 15.6. The molecule has 0 aliphatic carbocycles. The van der Waals surface area contributed by atoms with Crippen molar-refractivity contribution < 1.29 is 4.79 Å². The highest BCUT2D eigenvalue weighted by molar-refractivity contribution is 5.92. The number of hydrogen-bond donors (Lipinski definition) is 0. The van der Waals surface area contributed by atoms with Gasteiger partial charge in [-0.1, -0.05) is 12.1 Å². The van der Waals surface area contributed by atoms with Crippen molar-refractivity contribution in [3.8, 4) is 11.1 Å². The number of aromatic nitrogens is 5. The fraction of sp³-hybridized carbons (Fsp3) is 0.238. The molecule has 4 aromatic rings. The van der Waals surface area contributed by atoms with Gasteiger partial charge in [0.05, 0.1) is 23.6 Å². The molecular weight excluding hydrogens is 352 g/mol. The highest BCUT2D eigenvalue weighted by Gasteiger charge is 2.34. The van der Waals surface area contributed by atoms with E-state index in [1.807, 2.05) is 41.0 Å². The molecule has 0 N–H and O–H groups in total. The first-order valence-electron chi connectivity index (χ1n) is 9.38. The van der Waals surface area contributed by atoms with Crippen LogP contribution in [0.3, 0.4) is 0 Å². The number of hydrogen-bond acceptors (Lipinski definition) is 4. The number of amides is 1. The van der Waals surface area contributed by atoms with Crippen molar-refractivity contribution >= 4 is 11.4 Å². The molecule has 0 bridgehead atoms. The van der Waals surface area contributed by atoms with Crippen LogP contribution in [0.15, 0.2) is 61.4 Å². The van der Waals surface area contributed by atoms with E-state index in [2.05, 4.69) is 33.4 Å². The Bertz CT molecular complexity index is 1150. The number of carbonyl (C=O) groups excluding carboxylic acids is 1. The van der Waals surface area contributed by atoms with Crippen LogP contribution >= 0.6 is 0 Å². The number of fused-ring (bicyclic) bond motifs is 1. The van der Waals surface area contributed by atoms with E-state index in [1.54, 1.807) is 23.1 Å². The van der Waals surface area contributed by atoms with Gasteiger partial charge in [0.1, 0.15) is 5.69 Å². The van der Waals surface area contributed by atoms with Gasteiger partial charge in [0, 0.05) is 43.9 Å². The van der Waals surface area contributed by atoms with Gasteiger partial charge in [0.15, 0.2) is 0 Å². The average molecular weight is 372 g/mol. The molecule has 1 saturated heterocycles. The summed E-state index contributed by atoms with van der Waals surface area (Å²) in [6.07, 6.45) is 11.2. The second-order valence-corrected chi connectivity index (χ2v) is 7.11. The summed E-state index contributed by atoms with van der Waals surface area (Å²) < 4.78 is 3.68. The Kier molecular flexibility index (Phi) is 3.93. The monoisotopic (exact) mass is 372 g/mol. The first-order valence-corrected chi connectivity index (χ1v) is 9.38. The van der Waals surface area contributed by atoms with Crippen molar-refractivity contribution in [3.05, 3.63) is 72.8 Å². The van der Waals surface area contributed by atoms with Crippen molar-refractivity contribution in [2.75, 3.05) is 6.54 Å². The Balaban J connectivity index is 1.49. The maximum atomic E-state index is 12.9. The van der Waals surface area contributed by atoms with Crippen molar-refractivity contribution in [1.29, 1.82) is 0 Å². The molecule has 28 heavy (non-hydrogen) atoms. The molecule has 1 unspecified atom stereocenters. The van der Waals surface area contributed by atoms with E-state index < -0.39 is 0 Å². The van der Waals surface area contributed by atoms with Crippen LogP contribution < -0.4 is 0 Å². The Hall–Kier alpha value is -3.48. The van der Waals surface area contributed by atoms with E-state index in [1.165, 1.54) is 0 Å². The number of carbonyl (C=O) groups is 1. The molecule has 4 aromatic heterocycles. The average Bonchev–Trinajstić information content (AvgIpc) is 3.46. The standard InChI is InChI=1S/C21H20N6O/c1-25-11-8-17(24-25)21(28)27-10-3-5-19(27)20-18-7-6-16(13-26(18)14-23-20)15-4-2-9-22-12-15/h2,4,6-9,11-14,19H,3,5,10H2,1H3. The minimum Gasteiger partial charge on any atom is -0.329 e. The number of aryl methyl sites for hydroxylation is 1. The van der Waals surface area contributed by atoms with E-state index in [9.17, 15) is 4.79 Å². The predicted octanol–water partition coefficient (Wildman–Crippen LogP) is 3.11. The van der Waals surface area contributed by atoms with Gasteiger partial charge >= 0.3 is 0 Å². The summed E-state index contributed by atoms with van der Waals surface area (Å²) in [6, 6.07) is 9.87. The molecule has 1 aliphatic heterocycles. The summed E-state index contributed by atoms with van der Waals surface area (Å²) in [5.74, 6) is -0.0313. The molecule has 5 rings (SSSR count). The van der Waals surface area contributed by atoms with Gasteiger partial charge in [-0.3, -0.25) is 14.5 Å². The van der Waals surface area contributed by atoms with Crippen molar-refractivity contribution in [2.24, 2.45) is 7.05 Å². The third-order valence-electron chi connectivity index (χ3n) is 5.32. The van der Waals surface area contributed by atoms with Gasteiger partial charge in [0.2, 0.25) is 0 Å². The molecule has 0 saturated carbocycles. The maximum absolute atomic E-state index is 12.9. The summed E-state index contributed by atoms with van der Waals surface area (Å²) in [6.45, 7) is 0.729. The van der Waals surface area contributed by atoms with E-state index in [4.69, 9.17) is 0 Å². The molecule has 5 heterocycles. The Labute approximate surface area is 162 Å². The van der Waals surface area contributed by atoms with Gasteiger partial charge in [-0.05, 0) is 36.6 Å². The smallest absolute Gasteiger partial charge is 0.274 e. The molecule has 0 aromatic carbocycles. The van der Waals surface area contributed by atoms with Crippen LogP contribution in [0.1, 0.15) is 35.1 Å². The highest BCUT2D eigenvalue weighted by atomic mass is 16.2. The molecule has 7 nitrogen and oxygen atoms in total. The number of nitrogens with zero attached hydrogens (tertiary/aromatic N) is 6. The lowest BCUT2D eigenvalue weighted by molar-refractivity contribution is 0.0727. The molecule has 0 radical (unpaired) electrons. The SMILES string of the molecule is Cn1ccc(C(=O)N2CCCC2c2ncn3cc(-c4cccnc4)ccc23)n1. The van der Waals surface area contributed by atoms with Crippen molar-refractivity contribution in [2.45, 2.75) is 18.9 Å². The van der Waals surface area contributed by atoms with E-state index >= 15 is 0 Å². The summed E-state index contributed by atoms with van der Waals surface area (Å²) in [5.41, 5.74) is 4.60. The Morgan fingerprint density at radius 3 is 2.89 bits per heavy atom. The fourth-order valence-electron chi connectivity index (χ4n) is 3.95. The quantitative estimate of drug-likeness (QED) is 0.554. The summed E-state index contributed by atoms with van der Waals surface area (Å²) in [4.78, 5) is 23.7. The molecule has 0 spiro atoms. The van der Waals surface area contributed by atoms with Crippen LogP contribution in [0.5, 0.6) is 0 Å².